The van der Waals surface area contributed by atoms with Crippen molar-refractivity contribution >= 4 is 5.69 Å². The molecule has 0 saturated carbocycles. The zero-order valence-electron chi connectivity index (χ0n) is 13.8. The lowest BCUT2D eigenvalue weighted by Crippen LogP contribution is -2.08. The minimum Gasteiger partial charge on any atom is -0.333 e. The first-order valence-electron chi connectivity index (χ1n) is 7.87. The van der Waals surface area contributed by atoms with E-state index >= 15 is 0 Å². The van der Waals surface area contributed by atoms with Gasteiger partial charge < -0.3 is 4.57 Å². The molecule has 0 radical (unpaired) electrons. The van der Waals surface area contributed by atoms with Gasteiger partial charge in [-0.25, -0.2) is 4.68 Å². The maximum absolute atomic E-state index is 13.4. The largest absolute Gasteiger partial charge is 0.417 e. The predicted molar refractivity (Wildman–Crippen MR) is 88.9 cm³/mol. The monoisotopic (exact) mass is 364 g/mol. The predicted octanol–water partition coefficient (Wildman–Crippen LogP) is 4.68. The van der Waals surface area contributed by atoms with Crippen molar-refractivity contribution in [3.05, 3.63) is 64.6 Å². The summed E-state index contributed by atoms with van der Waals surface area (Å²) in [5.74, 6) is 0.730. The highest BCUT2D eigenvalue weighted by Gasteiger charge is 2.35. The Bertz CT molecular complexity index is 944. The van der Waals surface area contributed by atoms with E-state index in [9.17, 15) is 23.3 Å². The summed E-state index contributed by atoms with van der Waals surface area (Å²) in [6.07, 6.45) is 0.854. The molecule has 0 aliphatic carbocycles. The van der Waals surface area contributed by atoms with Crippen LogP contribution in [-0.2, 0) is 12.7 Å². The summed E-state index contributed by atoms with van der Waals surface area (Å²) in [5.41, 5.74) is -1.58. The summed E-state index contributed by atoms with van der Waals surface area (Å²) in [6.45, 7) is 2.77. The van der Waals surface area contributed by atoms with E-state index in [4.69, 9.17) is 0 Å². The number of nitro groups is 1. The molecule has 0 aliphatic heterocycles. The number of hydrogen-bond donors (Lipinski definition) is 0. The highest BCUT2D eigenvalue weighted by atomic mass is 19.4. The fourth-order valence-corrected chi connectivity index (χ4v) is 2.76. The van der Waals surface area contributed by atoms with E-state index in [-0.39, 0.29) is 11.1 Å². The van der Waals surface area contributed by atoms with Crippen molar-refractivity contribution in [1.82, 2.24) is 14.3 Å². The second-order valence-electron chi connectivity index (χ2n) is 5.72. The van der Waals surface area contributed by atoms with Gasteiger partial charge in [-0.05, 0) is 30.2 Å². The van der Waals surface area contributed by atoms with Crippen molar-refractivity contribution in [1.29, 1.82) is 0 Å². The number of alkyl halides is 3. The van der Waals surface area contributed by atoms with Crippen molar-refractivity contribution in [2.75, 3.05) is 0 Å². The van der Waals surface area contributed by atoms with Crippen LogP contribution in [0.5, 0.6) is 0 Å². The molecule has 2 heterocycles. The summed E-state index contributed by atoms with van der Waals surface area (Å²) < 4.78 is 43.5. The van der Waals surface area contributed by atoms with Gasteiger partial charge in [0.1, 0.15) is 5.82 Å². The van der Waals surface area contributed by atoms with E-state index in [1.54, 1.807) is 0 Å². The highest BCUT2D eigenvalue weighted by molar-refractivity contribution is 5.69. The maximum atomic E-state index is 13.4. The number of nitrogens with zero attached hydrogens (tertiary/aromatic N) is 4. The van der Waals surface area contributed by atoms with Gasteiger partial charge in [0.05, 0.1) is 16.7 Å². The van der Waals surface area contributed by atoms with E-state index in [0.29, 0.717) is 6.07 Å². The Hall–Kier alpha value is -3.10. The van der Waals surface area contributed by atoms with Crippen LogP contribution < -0.4 is 0 Å². The molecule has 0 fully saturated rings. The van der Waals surface area contributed by atoms with Crippen LogP contribution >= 0.6 is 0 Å². The Morgan fingerprint density at radius 3 is 2.69 bits per heavy atom. The van der Waals surface area contributed by atoms with Crippen molar-refractivity contribution < 1.29 is 18.1 Å². The van der Waals surface area contributed by atoms with E-state index in [1.807, 2.05) is 29.8 Å². The van der Waals surface area contributed by atoms with Crippen LogP contribution in [0.15, 0.2) is 48.9 Å². The highest BCUT2D eigenvalue weighted by Crippen LogP contribution is 2.39. The number of aromatic nitrogens is 3. The van der Waals surface area contributed by atoms with Gasteiger partial charge in [-0.15, -0.1) is 0 Å². The Labute approximate surface area is 146 Å². The van der Waals surface area contributed by atoms with Crippen molar-refractivity contribution in [2.24, 2.45) is 0 Å². The zero-order chi connectivity index (χ0) is 18.9. The van der Waals surface area contributed by atoms with E-state index in [0.717, 1.165) is 30.9 Å². The number of aryl methyl sites for hydroxylation is 1. The quantitative estimate of drug-likeness (QED) is 0.488. The fraction of sp³-hybridized carbons (Fsp3) is 0.235. The van der Waals surface area contributed by atoms with Crippen LogP contribution in [0.4, 0.5) is 18.9 Å². The third kappa shape index (κ3) is 3.32. The molecule has 3 rings (SSSR count). The summed E-state index contributed by atoms with van der Waals surface area (Å²) >= 11 is 0. The molecule has 0 unspecified atom stereocenters. The van der Waals surface area contributed by atoms with Crippen molar-refractivity contribution in [3.63, 3.8) is 0 Å². The number of halogens is 3. The van der Waals surface area contributed by atoms with E-state index in [2.05, 4.69) is 5.10 Å². The van der Waals surface area contributed by atoms with Crippen molar-refractivity contribution in [3.8, 4) is 16.9 Å². The maximum Gasteiger partial charge on any atom is 0.417 e. The molecule has 26 heavy (non-hydrogen) atoms. The number of non-ortho nitro benzene ring substituents is 1. The van der Waals surface area contributed by atoms with Gasteiger partial charge in [-0.1, -0.05) is 6.92 Å². The molecule has 0 spiro atoms. The number of rotatable bonds is 5. The summed E-state index contributed by atoms with van der Waals surface area (Å²) in [5, 5.41) is 15.0. The van der Waals surface area contributed by atoms with Gasteiger partial charge in [0.15, 0.2) is 0 Å². The number of nitro benzene ring substituents is 1. The molecule has 0 amide bonds. The molecular formula is C17H15F3N4O2. The summed E-state index contributed by atoms with van der Waals surface area (Å²) in [7, 11) is 0. The molecular weight excluding hydrogens is 349 g/mol. The van der Waals surface area contributed by atoms with Crippen LogP contribution in [-0.4, -0.2) is 19.3 Å². The van der Waals surface area contributed by atoms with Gasteiger partial charge in [0.25, 0.3) is 5.69 Å². The molecule has 6 nitrogen and oxygen atoms in total. The standard InChI is InChI=1S/C17H15F3N4O2/c1-2-7-22-8-3-4-16(22)23-11-12(10-21-23)14-6-5-13(24(25)26)9-15(14)17(18,19)20/h3-6,8-11H,2,7H2,1H3. The Balaban J connectivity index is 2.06. The van der Waals surface area contributed by atoms with Gasteiger partial charge >= 0.3 is 6.18 Å². The number of benzene rings is 1. The average Bonchev–Trinajstić information content (AvgIpc) is 3.22. The van der Waals surface area contributed by atoms with Crippen LogP contribution in [0.25, 0.3) is 16.9 Å². The first-order chi connectivity index (χ1) is 12.3. The summed E-state index contributed by atoms with van der Waals surface area (Å²) in [4.78, 5) is 9.96. The third-order valence-corrected chi connectivity index (χ3v) is 3.92. The van der Waals surface area contributed by atoms with Crippen LogP contribution in [0.2, 0.25) is 0 Å². The third-order valence-electron chi connectivity index (χ3n) is 3.92. The second kappa shape index (κ2) is 6.66. The lowest BCUT2D eigenvalue weighted by molar-refractivity contribution is -0.385. The topological polar surface area (TPSA) is 65.9 Å². The first-order valence-corrected chi connectivity index (χ1v) is 7.87. The minimum absolute atomic E-state index is 0.150. The molecule has 3 aromatic rings. The van der Waals surface area contributed by atoms with Gasteiger partial charge in [0.2, 0.25) is 0 Å². The van der Waals surface area contributed by atoms with Gasteiger partial charge in [-0.3, -0.25) is 10.1 Å². The molecule has 0 saturated heterocycles. The van der Waals surface area contributed by atoms with E-state index < -0.39 is 22.4 Å². The molecule has 2 aromatic heterocycles. The smallest absolute Gasteiger partial charge is 0.333 e. The lowest BCUT2D eigenvalue weighted by atomic mass is 10.0. The lowest BCUT2D eigenvalue weighted by Gasteiger charge is -2.11. The van der Waals surface area contributed by atoms with Crippen LogP contribution in [0, 0.1) is 10.1 Å². The van der Waals surface area contributed by atoms with Crippen molar-refractivity contribution in [2.45, 2.75) is 26.1 Å². The Morgan fingerprint density at radius 2 is 2.04 bits per heavy atom. The molecule has 0 N–H and O–H groups in total. The fourth-order valence-electron chi connectivity index (χ4n) is 2.76. The van der Waals surface area contributed by atoms with E-state index in [1.165, 1.54) is 17.1 Å². The Kier molecular flexibility index (Phi) is 4.54. The first kappa shape index (κ1) is 17.7. The normalized spacial score (nSPS) is 11.7. The summed E-state index contributed by atoms with van der Waals surface area (Å²) in [6, 6.07) is 6.36. The molecule has 9 heteroatoms. The molecule has 0 bridgehead atoms. The average molecular weight is 364 g/mol. The van der Waals surface area contributed by atoms with Gasteiger partial charge in [0, 0.05) is 36.6 Å². The number of hydrogen-bond acceptors (Lipinski definition) is 3. The van der Waals surface area contributed by atoms with Gasteiger partial charge in [-0.2, -0.15) is 18.3 Å². The minimum atomic E-state index is -4.72. The van der Waals surface area contributed by atoms with Crippen LogP contribution in [0.1, 0.15) is 18.9 Å². The Morgan fingerprint density at radius 1 is 1.27 bits per heavy atom. The zero-order valence-corrected chi connectivity index (χ0v) is 13.8. The molecule has 0 atom stereocenters. The molecule has 136 valence electrons. The molecule has 1 aromatic carbocycles. The SMILES string of the molecule is CCCn1cccc1-n1cc(-c2ccc([N+](=O)[O-])cc2C(F)(F)F)cn1. The second-order valence-corrected chi connectivity index (χ2v) is 5.72. The molecule has 0 aliphatic rings. The van der Waals surface area contributed by atoms with Crippen LogP contribution in [0.3, 0.4) is 0 Å².